The summed E-state index contributed by atoms with van der Waals surface area (Å²) in [5.74, 6) is 0.203. The third-order valence-corrected chi connectivity index (χ3v) is 5.46. The zero-order valence-corrected chi connectivity index (χ0v) is 28.5. The highest BCUT2D eigenvalue weighted by Crippen LogP contribution is 2.28. The highest BCUT2D eigenvalue weighted by molar-refractivity contribution is 6.28. The average molecular weight is 620 g/mol. The molecular weight excluding hydrogens is 569 g/mol. The maximum atomic E-state index is 13.3. The maximum absolute atomic E-state index is 13.3. The largest absolute Gasteiger partial charge is 0.482 e. The number of nitrogens with one attached hydrogen (secondary N) is 3. The lowest BCUT2D eigenvalue weighted by atomic mass is 10.1. The van der Waals surface area contributed by atoms with Gasteiger partial charge in [0.1, 0.15) is 5.75 Å². The zero-order chi connectivity index (χ0) is 33.5. The van der Waals surface area contributed by atoms with E-state index in [4.69, 9.17) is 16.3 Å². The second-order valence-corrected chi connectivity index (χ2v) is 9.61. The fraction of sp³-hybridized carbons (Fsp3) is 0.424. The van der Waals surface area contributed by atoms with Crippen LogP contribution in [0.25, 0.3) is 0 Å². The zero-order valence-electron chi connectivity index (χ0n) is 27.7. The van der Waals surface area contributed by atoms with Crippen LogP contribution in [0.3, 0.4) is 0 Å². The standard InChI is InChI=1S/C27H37N5O3.C3H5Cl.C2H6.CH3F/c1-8-18(4)14-29-19(5)16-32(7)26(20(6)28-10-3)22(9-2)27(34)30-15-21-11-12-24-23(13-21)31-25(33)17-35-24;1-3(2)4;2*1-2/h8-13,16,29H,14-15,17H2,1-7H3,(H,30,34)(H,31,33);1H2,2H3;1-2H3;1H3/b18-8+,19-16+,22-9-,26-20+,28-10?;;;. The van der Waals surface area contributed by atoms with Crippen LogP contribution in [-0.4, -0.2) is 50.3 Å². The van der Waals surface area contributed by atoms with E-state index in [9.17, 15) is 14.0 Å². The van der Waals surface area contributed by atoms with Gasteiger partial charge in [-0.15, -0.1) is 0 Å². The van der Waals surface area contributed by atoms with E-state index >= 15 is 0 Å². The number of ether oxygens (including phenoxy) is 1. The molecule has 0 bridgehead atoms. The van der Waals surface area contributed by atoms with Crippen LogP contribution in [0.2, 0.25) is 0 Å². The molecule has 240 valence electrons. The molecule has 0 radical (unpaired) electrons. The SMILES string of the molecule is C=C(C)Cl.CC.CC=N/C(C)=C(\C(=C\C)C(=O)NCc1ccc2c(c1)NC(=O)CO2)N(C)/C=C(\C)NC/C(C)=C/C.CF. The van der Waals surface area contributed by atoms with Crippen molar-refractivity contribution in [3.05, 3.63) is 82.0 Å². The van der Waals surface area contributed by atoms with Crippen LogP contribution in [-0.2, 0) is 16.1 Å². The second kappa shape index (κ2) is 23.7. The van der Waals surface area contributed by atoms with Crippen molar-refractivity contribution in [3.8, 4) is 5.75 Å². The Hall–Kier alpha value is -3.85. The lowest BCUT2D eigenvalue weighted by Crippen LogP contribution is -2.30. The number of hydrogen-bond donors (Lipinski definition) is 3. The van der Waals surface area contributed by atoms with Crippen molar-refractivity contribution in [2.45, 2.75) is 68.9 Å². The van der Waals surface area contributed by atoms with Crippen LogP contribution in [0, 0.1) is 0 Å². The highest BCUT2D eigenvalue weighted by Gasteiger charge is 2.20. The minimum atomic E-state index is -0.221. The Morgan fingerprint density at radius 3 is 2.28 bits per heavy atom. The predicted octanol–water partition coefficient (Wildman–Crippen LogP) is 7.62. The van der Waals surface area contributed by atoms with E-state index in [1.54, 1.807) is 25.3 Å². The molecule has 0 saturated carbocycles. The first kappa shape index (κ1) is 41.3. The number of carbonyl (C=O) groups is 2. The van der Waals surface area contributed by atoms with Gasteiger partial charge in [-0.2, -0.15) is 0 Å². The Balaban J connectivity index is 0. The van der Waals surface area contributed by atoms with Crippen molar-refractivity contribution in [1.82, 2.24) is 15.5 Å². The lowest BCUT2D eigenvalue weighted by Gasteiger charge is -2.24. The number of carbonyl (C=O) groups excluding carboxylic acids is 2. The van der Waals surface area contributed by atoms with Crippen LogP contribution >= 0.6 is 11.6 Å². The van der Waals surface area contributed by atoms with Gasteiger partial charge in [0, 0.05) is 43.3 Å². The minimum Gasteiger partial charge on any atom is -0.482 e. The molecule has 3 N–H and O–H groups in total. The number of halogens is 2. The average Bonchev–Trinajstić information content (AvgIpc) is 2.98. The van der Waals surface area contributed by atoms with Crippen molar-refractivity contribution < 1.29 is 18.7 Å². The predicted molar refractivity (Wildman–Crippen MR) is 181 cm³/mol. The van der Waals surface area contributed by atoms with Crippen molar-refractivity contribution in [2.75, 3.05) is 32.7 Å². The number of anilines is 1. The fourth-order valence-corrected chi connectivity index (χ4v) is 3.57. The summed E-state index contributed by atoms with van der Waals surface area (Å²) in [5.41, 5.74) is 5.60. The summed E-state index contributed by atoms with van der Waals surface area (Å²) in [7, 11) is 2.40. The van der Waals surface area contributed by atoms with Gasteiger partial charge in [0.05, 0.1) is 29.8 Å². The molecule has 1 aliphatic rings. The molecule has 0 spiro atoms. The molecule has 1 aromatic carbocycles. The van der Waals surface area contributed by atoms with Gasteiger partial charge in [0.2, 0.25) is 0 Å². The number of allylic oxidation sites excluding steroid dienone is 5. The minimum absolute atomic E-state index is 0.00825. The molecule has 0 fully saturated rings. The molecule has 2 amide bonds. The number of rotatable bonds is 10. The lowest BCUT2D eigenvalue weighted by molar-refractivity contribution is -0.119. The molecule has 0 unspecified atom stereocenters. The van der Waals surface area contributed by atoms with Gasteiger partial charge in [0.25, 0.3) is 11.8 Å². The number of likely N-dealkylation sites (N-methyl/N-ethyl adjacent to an activating group) is 1. The van der Waals surface area contributed by atoms with Gasteiger partial charge in [-0.3, -0.25) is 19.0 Å². The summed E-state index contributed by atoms with van der Waals surface area (Å²) in [5, 5.41) is 9.79. The van der Waals surface area contributed by atoms with Crippen LogP contribution in [0.1, 0.15) is 67.9 Å². The van der Waals surface area contributed by atoms with Gasteiger partial charge >= 0.3 is 0 Å². The summed E-state index contributed by atoms with van der Waals surface area (Å²) in [6, 6.07) is 5.47. The van der Waals surface area contributed by atoms with E-state index in [1.807, 2.05) is 78.7 Å². The van der Waals surface area contributed by atoms with Gasteiger partial charge in [-0.1, -0.05) is 55.8 Å². The Bertz CT molecular complexity index is 1200. The van der Waals surface area contributed by atoms with E-state index in [-0.39, 0.29) is 18.4 Å². The quantitative estimate of drug-likeness (QED) is 0.108. The molecule has 1 heterocycles. The molecule has 10 heteroatoms. The van der Waals surface area contributed by atoms with Crippen molar-refractivity contribution in [3.63, 3.8) is 0 Å². The Morgan fingerprint density at radius 2 is 1.74 bits per heavy atom. The number of hydrogen-bond acceptors (Lipinski definition) is 6. The number of nitrogens with zero attached hydrogens (tertiary/aromatic N) is 2. The molecule has 2 rings (SSSR count). The van der Waals surface area contributed by atoms with Crippen LogP contribution in [0.15, 0.2) is 81.4 Å². The number of aliphatic imine (C=N–C) groups is 1. The Labute approximate surface area is 263 Å². The molecule has 0 aromatic heterocycles. The maximum Gasteiger partial charge on any atom is 0.262 e. The van der Waals surface area contributed by atoms with E-state index in [0.29, 0.717) is 41.5 Å². The molecular formula is C33H51ClFN5O3. The van der Waals surface area contributed by atoms with Crippen molar-refractivity contribution in [1.29, 1.82) is 0 Å². The second-order valence-electron chi connectivity index (χ2n) is 8.96. The van der Waals surface area contributed by atoms with E-state index in [2.05, 4.69) is 40.5 Å². The summed E-state index contributed by atoms with van der Waals surface area (Å²) in [6.07, 6.45) is 7.52. The van der Waals surface area contributed by atoms with Gasteiger partial charge < -0.3 is 25.6 Å². The third kappa shape index (κ3) is 16.4. The molecule has 0 atom stereocenters. The monoisotopic (exact) mass is 619 g/mol. The molecule has 43 heavy (non-hydrogen) atoms. The van der Waals surface area contributed by atoms with Crippen LogP contribution in [0.4, 0.5) is 10.1 Å². The first-order valence-electron chi connectivity index (χ1n) is 14.1. The van der Waals surface area contributed by atoms with E-state index in [1.165, 1.54) is 5.57 Å². The van der Waals surface area contributed by atoms with Gasteiger partial charge in [0.15, 0.2) is 6.61 Å². The molecule has 0 saturated heterocycles. The van der Waals surface area contributed by atoms with Gasteiger partial charge in [-0.05, 0) is 66.2 Å². The topological polar surface area (TPSA) is 95.1 Å². The number of alkyl halides is 1. The molecule has 1 aromatic rings. The van der Waals surface area contributed by atoms with E-state index < -0.39 is 0 Å². The number of amides is 2. The van der Waals surface area contributed by atoms with E-state index in [0.717, 1.165) is 23.5 Å². The first-order chi connectivity index (χ1) is 20.4. The normalized spacial score (nSPS) is 13.2. The summed E-state index contributed by atoms with van der Waals surface area (Å²) in [4.78, 5) is 31.2. The Morgan fingerprint density at radius 1 is 1.14 bits per heavy atom. The summed E-state index contributed by atoms with van der Waals surface area (Å²) >= 11 is 5.08. The highest BCUT2D eigenvalue weighted by atomic mass is 35.5. The summed E-state index contributed by atoms with van der Waals surface area (Å²) < 4.78 is 14.9. The van der Waals surface area contributed by atoms with Crippen LogP contribution < -0.4 is 20.7 Å². The molecule has 1 aliphatic heterocycles. The van der Waals surface area contributed by atoms with Gasteiger partial charge in [-0.25, -0.2) is 0 Å². The number of benzene rings is 1. The fourth-order valence-electron chi connectivity index (χ4n) is 3.57. The first-order valence-corrected chi connectivity index (χ1v) is 14.5. The van der Waals surface area contributed by atoms with Crippen LogP contribution in [0.5, 0.6) is 5.75 Å². The molecule has 0 aliphatic carbocycles. The summed E-state index contributed by atoms with van der Waals surface area (Å²) in [6.45, 7) is 21.8. The van der Waals surface area contributed by atoms with Crippen molar-refractivity contribution >= 4 is 35.3 Å². The third-order valence-electron chi connectivity index (χ3n) is 5.46. The number of fused-ring (bicyclic) bond motifs is 1. The smallest absolute Gasteiger partial charge is 0.262 e. The Kier molecular flexibility index (Phi) is 22.7. The molecule has 8 nitrogen and oxygen atoms in total. The van der Waals surface area contributed by atoms with Crippen molar-refractivity contribution in [2.24, 2.45) is 4.99 Å².